The third kappa shape index (κ3) is 3.04. The smallest absolute Gasteiger partial charge is 0.339 e. The fraction of sp³-hybridized carbons (Fsp3) is 0.250. The molecule has 0 saturated carbocycles. The maximum absolute atomic E-state index is 12.7. The average molecular weight is 397 g/mol. The summed E-state index contributed by atoms with van der Waals surface area (Å²) in [6, 6.07) is 13.5. The normalized spacial score (nSPS) is 20.9. The predicted octanol–water partition coefficient (Wildman–Crippen LogP) is 2.48. The molecule has 3 heterocycles. The van der Waals surface area contributed by atoms with Gasteiger partial charge in [-0.3, -0.25) is 0 Å². The molecule has 3 aromatic rings. The van der Waals surface area contributed by atoms with Crippen molar-refractivity contribution in [2.45, 2.75) is 23.3 Å². The Morgan fingerprint density at radius 3 is 2.82 bits per heavy atom. The van der Waals surface area contributed by atoms with Crippen LogP contribution in [0.3, 0.4) is 0 Å². The summed E-state index contributed by atoms with van der Waals surface area (Å²) >= 11 is 0. The van der Waals surface area contributed by atoms with Gasteiger partial charge in [0.15, 0.2) is 0 Å². The molecule has 7 nitrogen and oxygen atoms in total. The summed E-state index contributed by atoms with van der Waals surface area (Å²) in [7, 11) is -3.94. The van der Waals surface area contributed by atoms with Crippen LogP contribution >= 0.6 is 0 Å². The highest BCUT2D eigenvalue weighted by Crippen LogP contribution is 2.43. The van der Waals surface area contributed by atoms with Gasteiger partial charge >= 0.3 is 10.1 Å². The molecule has 2 aromatic carbocycles. The lowest BCUT2D eigenvalue weighted by Crippen LogP contribution is -2.39. The van der Waals surface area contributed by atoms with Gasteiger partial charge in [-0.05, 0) is 49.4 Å². The molecule has 28 heavy (non-hydrogen) atoms. The minimum absolute atomic E-state index is 0.0858. The molecule has 0 radical (unpaired) electrons. The van der Waals surface area contributed by atoms with Gasteiger partial charge in [0.05, 0.1) is 5.69 Å². The Hall–Kier alpha value is -2.84. The molecule has 0 aliphatic carbocycles. The monoisotopic (exact) mass is 397 g/mol. The third-order valence-electron chi connectivity index (χ3n) is 5.19. The van der Waals surface area contributed by atoms with E-state index in [1.54, 1.807) is 47.4 Å². The van der Waals surface area contributed by atoms with Crippen molar-refractivity contribution in [1.82, 2.24) is 15.1 Å². The summed E-state index contributed by atoms with van der Waals surface area (Å²) in [6.45, 7) is 1.77. The van der Waals surface area contributed by atoms with E-state index in [1.165, 1.54) is 12.1 Å². The molecule has 2 aliphatic heterocycles. The number of hydrogen-bond acceptors (Lipinski definition) is 6. The Morgan fingerprint density at radius 2 is 2.04 bits per heavy atom. The molecule has 144 valence electrons. The van der Waals surface area contributed by atoms with E-state index in [1.807, 2.05) is 6.07 Å². The zero-order valence-electron chi connectivity index (χ0n) is 15.0. The van der Waals surface area contributed by atoms with Gasteiger partial charge in [0.1, 0.15) is 22.5 Å². The van der Waals surface area contributed by atoms with Crippen molar-refractivity contribution in [2.24, 2.45) is 0 Å². The number of ether oxygens (including phenoxy) is 1. The predicted molar refractivity (Wildman–Crippen MR) is 102 cm³/mol. The molecule has 8 heteroatoms. The van der Waals surface area contributed by atoms with E-state index in [-0.39, 0.29) is 16.7 Å². The molecule has 2 aliphatic rings. The van der Waals surface area contributed by atoms with Crippen LogP contribution in [0.1, 0.15) is 17.9 Å². The summed E-state index contributed by atoms with van der Waals surface area (Å²) in [5, 5.41) is 7.45. The maximum Gasteiger partial charge on any atom is 0.339 e. The van der Waals surface area contributed by atoms with Crippen molar-refractivity contribution in [2.75, 3.05) is 13.1 Å². The number of nitrogens with one attached hydrogen (secondary N) is 1. The number of benzene rings is 2. The van der Waals surface area contributed by atoms with Gasteiger partial charge in [0, 0.05) is 36.5 Å². The zero-order valence-corrected chi connectivity index (χ0v) is 15.8. The standard InChI is InChI=1S/C20H19N3O4S/c24-28(25,16-5-2-14(3-6-16)23-11-1-9-22-23)27-15-4-7-17-18-8-10-21-13-20(18)26-19(17)12-15/h1-7,9,11-12,18,20-21H,8,10,13H2. The van der Waals surface area contributed by atoms with Gasteiger partial charge in [-0.1, -0.05) is 6.07 Å². The first kappa shape index (κ1) is 17.3. The summed E-state index contributed by atoms with van der Waals surface area (Å²) in [6.07, 6.45) is 4.57. The summed E-state index contributed by atoms with van der Waals surface area (Å²) in [4.78, 5) is 0.0858. The van der Waals surface area contributed by atoms with E-state index < -0.39 is 10.1 Å². The highest BCUT2D eigenvalue weighted by Gasteiger charge is 2.36. The van der Waals surface area contributed by atoms with E-state index >= 15 is 0 Å². The Morgan fingerprint density at radius 1 is 1.18 bits per heavy atom. The molecule has 0 bridgehead atoms. The molecular formula is C20H19N3O4S. The Kier molecular flexibility index (Phi) is 4.10. The van der Waals surface area contributed by atoms with Crippen LogP contribution in [-0.2, 0) is 10.1 Å². The van der Waals surface area contributed by atoms with Crippen LogP contribution in [-0.4, -0.2) is 37.4 Å². The number of nitrogens with zero attached hydrogens (tertiary/aromatic N) is 2. The van der Waals surface area contributed by atoms with Crippen LogP contribution in [0.4, 0.5) is 0 Å². The Bertz CT molecular complexity index is 1090. The van der Waals surface area contributed by atoms with Crippen LogP contribution in [0.15, 0.2) is 65.8 Å². The van der Waals surface area contributed by atoms with E-state index in [0.717, 1.165) is 30.8 Å². The summed E-state index contributed by atoms with van der Waals surface area (Å²) < 4.78 is 38.3. The van der Waals surface area contributed by atoms with Crippen molar-refractivity contribution in [3.63, 3.8) is 0 Å². The van der Waals surface area contributed by atoms with Crippen LogP contribution in [0.2, 0.25) is 0 Å². The second kappa shape index (κ2) is 6.65. The van der Waals surface area contributed by atoms with E-state index in [2.05, 4.69) is 10.4 Å². The topological polar surface area (TPSA) is 82.5 Å². The molecule has 0 amide bonds. The number of aromatic nitrogens is 2. The minimum Gasteiger partial charge on any atom is -0.488 e. The van der Waals surface area contributed by atoms with Gasteiger partial charge in [-0.25, -0.2) is 4.68 Å². The average Bonchev–Trinajstić information content (AvgIpc) is 3.35. The molecule has 1 fully saturated rings. The fourth-order valence-corrected chi connectivity index (χ4v) is 4.73. The van der Waals surface area contributed by atoms with E-state index in [0.29, 0.717) is 11.7 Å². The Labute approximate surface area is 163 Å². The van der Waals surface area contributed by atoms with Crippen LogP contribution in [0.5, 0.6) is 11.5 Å². The highest BCUT2D eigenvalue weighted by atomic mass is 32.2. The maximum atomic E-state index is 12.7. The SMILES string of the molecule is O=S(=O)(Oc1ccc2c(c1)OC1CNCCC21)c1ccc(-n2cccn2)cc1. The Balaban J connectivity index is 1.37. The number of rotatable bonds is 4. The molecule has 1 N–H and O–H groups in total. The molecule has 5 rings (SSSR count). The fourth-order valence-electron chi connectivity index (χ4n) is 3.81. The van der Waals surface area contributed by atoms with Gasteiger partial charge in [0.2, 0.25) is 0 Å². The van der Waals surface area contributed by atoms with Crippen molar-refractivity contribution in [3.8, 4) is 17.2 Å². The number of fused-ring (bicyclic) bond motifs is 3. The van der Waals surface area contributed by atoms with Gasteiger partial charge in [-0.2, -0.15) is 13.5 Å². The number of hydrogen-bond donors (Lipinski definition) is 1. The molecule has 1 saturated heterocycles. The quantitative estimate of drug-likeness (QED) is 0.681. The van der Waals surface area contributed by atoms with Gasteiger partial charge in [-0.15, -0.1) is 0 Å². The largest absolute Gasteiger partial charge is 0.488 e. The van der Waals surface area contributed by atoms with Crippen LogP contribution in [0, 0.1) is 0 Å². The molecule has 2 atom stereocenters. The number of piperidine rings is 1. The first-order valence-corrected chi connectivity index (χ1v) is 10.6. The van der Waals surface area contributed by atoms with Crippen molar-refractivity contribution >= 4 is 10.1 Å². The lowest BCUT2D eigenvalue weighted by molar-refractivity contribution is 0.176. The first-order valence-electron chi connectivity index (χ1n) is 9.16. The van der Waals surface area contributed by atoms with E-state index in [9.17, 15) is 8.42 Å². The minimum atomic E-state index is -3.94. The van der Waals surface area contributed by atoms with Crippen LogP contribution in [0.25, 0.3) is 5.69 Å². The zero-order chi connectivity index (χ0) is 19.1. The molecular weight excluding hydrogens is 378 g/mol. The lowest BCUT2D eigenvalue weighted by Gasteiger charge is -2.24. The van der Waals surface area contributed by atoms with Crippen molar-refractivity contribution < 1.29 is 17.3 Å². The molecule has 0 spiro atoms. The van der Waals surface area contributed by atoms with Gasteiger partial charge in [0.25, 0.3) is 0 Å². The third-order valence-corrected chi connectivity index (χ3v) is 6.45. The molecule has 1 aromatic heterocycles. The molecule has 2 unspecified atom stereocenters. The van der Waals surface area contributed by atoms with E-state index in [4.69, 9.17) is 8.92 Å². The lowest BCUT2D eigenvalue weighted by atomic mass is 9.90. The summed E-state index contributed by atoms with van der Waals surface area (Å²) in [5.41, 5.74) is 1.89. The van der Waals surface area contributed by atoms with Crippen LogP contribution < -0.4 is 14.2 Å². The highest BCUT2D eigenvalue weighted by molar-refractivity contribution is 7.87. The second-order valence-corrected chi connectivity index (χ2v) is 8.48. The van der Waals surface area contributed by atoms with Crippen molar-refractivity contribution in [1.29, 1.82) is 0 Å². The first-order chi connectivity index (χ1) is 13.6. The summed E-state index contributed by atoms with van der Waals surface area (Å²) in [5.74, 6) is 1.32. The van der Waals surface area contributed by atoms with Crippen molar-refractivity contribution in [3.05, 3.63) is 66.5 Å². The van der Waals surface area contributed by atoms with Gasteiger partial charge < -0.3 is 14.2 Å². The second-order valence-electron chi connectivity index (χ2n) is 6.94.